The SMILES string of the molecule is Cc1ccc(N(C)c2cc(Br)ccc2N)c(C)c1. The highest BCUT2D eigenvalue weighted by atomic mass is 79.9. The van der Waals surface area contributed by atoms with Crippen LogP contribution in [0.4, 0.5) is 17.1 Å². The molecule has 0 aliphatic rings. The summed E-state index contributed by atoms with van der Waals surface area (Å²) in [6.07, 6.45) is 0. The molecule has 0 spiro atoms. The fourth-order valence-electron chi connectivity index (χ4n) is 2.12. The molecule has 0 bridgehead atoms. The summed E-state index contributed by atoms with van der Waals surface area (Å²) in [7, 11) is 2.04. The van der Waals surface area contributed by atoms with Crippen molar-refractivity contribution in [2.75, 3.05) is 17.7 Å². The highest BCUT2D eigenvalue weighted by Crippen LogP contribution is 2.33. The number of anilines is 3. The van der Waals surface area contributed by atoms with Crippen molar-refractivity contribution >= 4 is 33.0 Å². The van der Waals surface area contributed by atoms with Gasteiger partial charge in [-0.05, 0) is 43.7 Å². The molecule has 0 atom stereocenters. The molecule has 3 heteroatoms. The molecule has 0 saturated carbocycles. The molecule has 0 unspecified atom stereocenters. The zero-order valence-electron chi connectivity index (χ0n) is 10.9. The van der Waals surface area contributed by atoms with E-state index in [9.17, 15) is 0 Å². The topological polar surface area (TPSA) is 29.3 Å². The fraction of sp³-hybridized carbons (Fsp3) is 0.200. The van der Waals surface area contributed by atoms with E-state index in [0.29, 0.717) is 0 Å². The summed E-state index contributed by atoms with van der Waals surface area (Å²) in [5.74, 6) is 0. The Hall–Kier alpha value is -1.48. The van der Waals surface area contributed by atoms with Crippen LogP contribution in [-0.2, 0) is 0 Å². The smallest absolute Gasteiger partial charge is 0.0653 e. The van der Waals surface area contributed by atoms with Crippen LogP contribution in [0.5, 0.6) is 0 Å². The predicted octanol–water partition coefficient (Wildman–Crippen LogP) is 4.42. The Bertz CT molecular complexity index is 579. The van der Waals surface area contributed by atoms with Gasteiger partial charge in [0.05, 0.1) is 11.4 Å². The van der Waals surface area contributed by atoms with Crippen molar-refractivity contribution in [1.29, 1.82) is 0 Å². The Morgan fingerprint density at radius 1 is 1.00 bits per heavy atom. The van der Waals surface area contributed by atoms with Gasteiger partial charge in [0.1, 0.15) is 0 Å². The van der Waals surface area contributed by atoms with E-state index in [0.717, 1.165) is 15.8 Å². The van der Waals surface area contributed by atoms with Gasteiger partial charge in [0.2, 0.25) is 0 Å². The number of hydrogen-bond donors (Lipinski definition) is 1. The van der Waals surface area contributed by atoms with Crippen LogP contribution in [0.15, 0.2) is 40.9 Å². The molecule has 0 fully saturated rings. The number of nitrogens with zero attached hydrogens (tertiary/aromatic N) is 1. The van der Waals surface area contributed by atoms with E-state index in [1.54, 1.807) is 0 Å². The highest BCUT2D eigenvalue weighted by molar-refractivity contribution is 9.10. The average molecular weight is 305 g/mol. The summed E-state index contributed by atoms with van der Waals surface area (Å²) in [4.78, 5) is 2.12. The van der Waals surface area contributed by atoms with E-state index >= 15 is 0 Å². The van der Waals surface area contributed by atoms with Crippen LogP contribution in [0.3, 0.4) is 0 Å². The van der Waals surface area contributed by atoms with Crippen molar-refractivity contribution in [3.63, 3.8) is 0 Å². The first kappa shape index (κ1) is 13.0. The van der Waals surface area contributed by atoms with Gasteiger partial charge in [-0.25, -0.2) is 0 Å². The Labute approximate surface area is 117 Å². The Kier molecular flexibility index (Phi) is 3.62. The number of benzene rings is 2. The maximum absolute atomic E-state index is 6.05. The molecule has 0 saturated heterocycles. The first-order valence-corrected chi connectivity index (χ1v) is 6.64. The van der Waals surface area contributed by atoms with Crippen molar-refractivity contribution in [3.8, 4) is 0 Å². The molecule has 0 aliphatic heterocycles. The quantitative estimate of drug-likeness (QED) is 0.832. The summed E-state index contributed by atoms with van der Waals surface area (Å²) in [5, 5.41) is 0. The Balaban J connectivity index is 2.47. The maximum atomic E-state index is 6.05. The largest absolute Gasteiger partial charge is 0.397 e. The molecule has 2 aromatic rings. The summed E-state index contributed by atoms with van der Waals surface area (Å²) in [6, 6.07) is 12.3. The Morgan fingerprint density at radius 3 is 2.39 bits per heavy atom. The van der Waals surface area contributed by atoms with E-state index < -0.39 is 0 Å². The molecule has 0 amide bonds. The number of nitrogen functional groups attached to an aromatic ring is 1. The van der Waals surface area contributed by atoms with Gasteiger partial charge in [-0.15, -0.1) is 0 Å². The van der Waals surface area contributed by atoms with Gasteiger partial charge in [0, 0.05) is 17.2 Å². The minimum atomic E-state index is 0.778. The van der Waals surface area contributed by atoms with Gasteiger partial charge in [-0.2, -0.15) is 0 Å². The van der Waals surface area contributed by atoms with Crippen LogP contribution in [0.1, 0.15) is 11.1 Å². The van der Waals surface area contributed by atoms with Crippen molar-refractivity contribution in [2.45, 2.75) is 13.8 Å². The van der Waals surface area contributed by atoms with E-state index in [1.165, 1.54) is 16.8 Å². The van der Waals surface area contributed by atoms with Gasteiger partial charge in [0.25, 0.3) is 0 Å². The van der Waals surface area contributed by atoms with Crippen LogP contribution in [-0.4, -0.2) is 7.05 Å². The Morgan fingerprint density at radius 2 is 1.72 bits per heavy atom. The van der Waals surface area contributed by atoms with Gasteiger partial charge in [-0.1, -0.05) is 33.6 Å². The number of halogens is 1. The van der Waals surface area contributed by atoms with Crippen LogP contribution in [0, 0.1) is 13.8 Å². The summed E-state index contributed by atoms with van der Waals surface area (Å²) >= 11 is 3.49. The molecule has 2 N–H and O–H groups in total. The fourth-order valence-corrected chi connectivity index (χ4v) is 2.47. The van der Waals surface area contributed by atoms with Gasteiger partial charge >= 0.3 is 0 Å². The molecule has 0 aromatic heterocycles. The van der Waals surface area contributed by atoms with Crippen molar-refractivity contribution in [1.82, 2.24) is 0 Å². The maximum Gasteiger partial charge on any atom is 0.0653 e. The number of nitrogens with two attached hydrogens (primary N) is 1. The summed E-state index contributed by atoms with van der Waals surface area (Å²) in [5.41, 5.74) is 11.5. The van der Waals surface area contributed by atoms with Gasteiger partial charge in [-0.3, -0.25) is 0 Å². The highest BCUT2D eigenvalue weighted by Gasteiger charge is 2.10. The monoisotopic (exact) mass is 304 g/mol. The lowest BCUT2D eigenvalue weighted by atomic mass is 10.1. The zero-order valence-corrected chi connectivity index (χ0v) is 12.5. The first-order valence-electron chi connectivity index (χ1n) is 5.85. The van der Waals surface area contributed by atoms with E-state index in [4.69, 9.17) is 5.73 Å². The molecular weight excluding hydrogens is 288 g/mol. The lowest BCUT2D eigenvalue weighted by Crippen LogP contribution is -2.12. The average Bonchev–Trinajstić information content (AvgIpc) is 2.31. The third-order valence-corrected chi connectivity index (χ3v) is 3.56. The third-order valence-electron chi connectivity index (χ3n) is 3.07. The minimum Gasteiger partial charge on any atom is -0.397 e. The minimum absolute atomic E-state index is 0.778. The van der Waals surface area contributed by atoms with Crippen molar-refractivity contribution < 1.29 is 0 Å². The van der Waals surface area contributed by atoms with E-state index in [1.807, 2.05) is 25.2 Å². The van der Waals surface area contributed by atoms with E-state index in [-0.39, 0.29) is 0 Å². The number of rotatable bonds is 2. The van der Waals surface area contributed by atoms with Crippen LogP contribution in [0.25, 0.3) is 0 Å². The lowest BCUT2D eigenvalue weighted by molar-refractivity contribution is 1.18. The first-order chi connectivity index (χ1) is 8.49. The number of hydrogen-bond acceptors (Lipinski definition) is 2. The molecular formula is C15H17BrN2. The molecule has 94 valence electrons. The third kappa shape index (κ3) is 2.51. The van der Waals surface area contributed by atoms with Crippen LogP contribution < -0.4 is 10.6 Å². The molecule has 0 heterocycles. The molecule has 0 radical (unpaired) electrons. The van der Waals surface area contributed by atoms with Crippen molar-refractivity contribution in [2.24, 2.45) is 0 Å². The lowest BCUT2D eigenvalue weighted by Gasteiger charge is -2.23. The van der Waals surface area contributed by atoms with Crippen LogP contribution >= 0.6 is 15.9 Å². The summed E-state index contributed by atoms with van der Waals surface area (Å²) < 4.78 is 1.03. The second-order valence-corrected chi connectivity index (χ2v) is 5.47. The molecule has 2 rings (SSSR count). The molecule has 2 nitrogen and oxygen atoms in total. The summed E-state index contributed by atoms with van der Waals surface area (Å²) in [6.45, 7) is 4.22. The van der Waals surface area contributed by atoms with Crippen molar-refractivity contribution in [3.05, 3.63) is 52.0 Å². The van der Waals surface area contributed by atoms with Gasteiger partial charge < -0.3 is 10.6 Å². The molecule has 0 aliphatic carbocycles. The van der Waals surface area contributed by atoms with E-state index in [2.05, 4.69) is 52.9 Å². The second-order valence-electron chi connectivity index (χ2n) is 4.55. The molecule has 18 heavy (non-hydrogen) atoms. The standard InChI is InChI=1S/C15H17BrN2/c1-10-4-7-14(11(2)8-10)18(3)15-9-12(16)5-6-13(15)17/h4-9H,17H2,1-3H3. The van der Waals surface area contributed by atoms with Crippen LogP contribution in [0.2, 0.25) is 0 Å². The zero-order chi connectivity index (χ0) is 13.3. The number of aryl methyl sites for hydroxylation is 2. The van der Waals surface area contributed by atoms with Gasteiger partial charge in [0.15, 0.2) is 0 Å². The molecule has 2 aromatic carbocycles. The second kappa shape index (κ2) is 5.02. The predicted molar refractivity (Wildman–Crippen MR) is 82.5 cm³/mol. The normalized spacial score (nSPS) is 10.4.